The molecule has 1 amide bonds. The van der Waals surface area contributed by atoms with Crippen molar-refractivity contribution in [2.45, 2.75) is 51.6 Å². The molecule has 0 aromatic heterocycles. The fourth-order valence-electron chi connectivity index (χ4n) is 1.21. The standard InChI is InChI=1S/C11H22N2O/c1-5-11(2,3)13(4)10(14)8-12-9-6-7-9/h9,12H,5-8H2,1-4H3. The molecule has 82 valence electrons. The second-order valence-electron chi connectivity index (χ2n) is 4.77. The first-order chi connectivity index (χ1) is 6.47. The van der Waals surface area contributed by atoms with Crippen LogP contribution < -0.4 is 5.32 Å². The van der Waals surface area contributed by atoms with Crippen molar-refractivity contribution >= 4 is 5.91 Å². The maximum atomic E-state index is 11.7. The van der Waals surface area contributed by atoms with Gasteiger partial charge in [0, 0.05) is 18.6 Å². The highest BCUT2D eigenvalue weighted by Gasteiger charge is 2.27. The first-order valence-electron chi connectivity index (χ1n) is 5.47. The predicted molar refractivity (Wildman–Crippen MR) is 58.2 cm³/mol. The molecule has 0 saturated heterocycles. The average Bonchev–Trinajstić information content (AvgIpc) is 2.96. The van der Waals surface area contributed by atoms with E-state index in [1.165, 1.54) is 12.8 Å². The zero-order chi connectivity index (χ0) is 10.8. The van der Waals surface area contributed by atoms with Crippen molar-refractivity contribution in [3.63, 3.8) is 0 Å². The Morgan fingerprint density at radius 2 is 2.07 bits per heavy atom. The number of nitrogens with one attached hydrogen (secondary N) is 1. The monoisotopic (exact) mass is 198 g/mol. The number of carbonyl (C=O) groups is 1. The smallest absolute Gasteiger partial charge is 0.236 e. The van der Waals surface area contributed by atoms with Gasteiger partial charge in [0.15, 0.2) is 0 Å². The van der Waals surface area contributed by atoms with Crippen LogP contribution in [0.3, 0.4) is 0 Å². The second-order valence-corrected chi connectivity index (χ2v) is 4.77. The highest BCUT2D eigenvalue weighted by molar-refractivity contribution is 5.78. The van der Waals surface area contributed by atoms with Crippen LogP contribution in [0.2, 0.25) is 0 Å². The normalized spacial score (nSPS) is 16.9. The van der Waals surface area contributed by atoms with Crippen molar-refractivity contribution in [2.24, 2.45) is 0 Å². The van der Waals surface area contributed by atoms with Gasteiger partial charge in [-0.05, 0) is 33.1 Å². The van der Waals surface area contributed by atoms with E-state index in [0.29, 0.717) is 12.6 Å². The van der Waals surface area contributed by atoms with E-state index in [4.69, 9.17) is 0 Å². The molecular weight excluding hydrogens is 176 g/mol. The van der Waals surface area contributed by atoms with Crippen LogP contribution in [0.5, 0.6) is 0 Å². The summed E-state index contributed by atoms with van der Waals surface area (Å²) >= 11 is 0. The van der Waals surface area contributed by atoms with Crippen LogP contribution in [0, 0.1) is 0 Å². The van der Waals surface area contributed by atoms with E-state index >= 15 is 0 Å². The summed E-state index contributed by atoms with van der Waals surface area (Å²) in [6, 6.07) is 0.608. The van der Waals surface area contributed by atoms with Crippen molar-refractivity contribution in [1.29, 1.82) is 0 Å². The Labute approximate surface area is 86.9 Å². The molecule has 0 atom stereocenters. The number of amides is 1. The molecule has 3 heteroatoms. The number of hydrogen-bond donors (Lipinski definition) is 1. The van der Waals surface area contributed by atoms with Gasteiger partial charge in [-0.3, -0.25) is 4.79 Å². The minimum atomic E-state index is -0.0255. The third-order valence-electron chi connectivity index (χ3n) is 3.27. The molecule has 1 rings (SSSR count). The van der Waals surface area contributed by atoms with Gasteiger partial charge >= 0.3 is 0 Å². The van der Waals surface area contributed by atoms with E-state index in [-0.39, 0.29) is 11.4 Å². The Hall–Kier alpha value is -0.570. The molecule has 3 nitrogen and oxygen atoms in total. The SMILES string of the molecule is CCC(C)(C)N(C)C(=O)CNC1CC1. The largest absolute Gasteiger partial charge is 0.340 e. The van der Waals surface area contributed by atoms with Gasteiger partial charge in [-0.1, -0.05) is 6.92 Å². The van der Waals surface area contributed by atoms with E-state index in [2.05, 4.69) is 26.1 Å². The minimum absolute atomic E-state index is 0.0255. The van der Waals surface area contributed by atoms with E-state index in [1.807, 2.05) is 11.9 Å². The van der Waals surface area contributed by atoms with Crippen LogP contribution in [-0.2, 0) is 4.79 Å². The van der Waals surface area contributed by atoms with Gasteiger partial charge in [-0.15, -0.1) is 0 Å². The van der Waals surface area contributed by atoms with E-state index in [9.17, 15) is 4.79 Å². The molecule has 0 aromatic carbocycles. The van der Waals surface area contributed by atoms with Crippen LogP contribution in [-0.4, -0.2) is 36.0 Å². The topological polar surface area (TPSA) is 32.3 Å². The van der Waals surface area contributed by atoms with Crippen LogP contribution in [0.4, 0.5) is 0 Å². The maximum absolute atomic E-state index is 11.7. The van der Waals surface area contributed by atoms with Gasteiger partial charge in [0.2, 0.25) is 5.91 Å². The molecule has 0 radical (unpaired) electrons. The van der Waals surface area contributed by atoms with Crippen molar-refractivity contribution in [1.82, 2.24) is 10.2 Å². The van der Waals surface area contributed by atoms with Crippen molar-refractivity contribution in [2.75, 3.05) is 13.6 Å². The van der Waals surface area contributed by atoms with E-state index < -0.39 is 0 Å². The Balaban J connectivity index is 2.33. The third kappa shape index (κ3) is 2.98. The summed E-state index contributed by atoms with van der Waals surface area (Å²) in [5.41, 5.74) is -0.0255. The number of carbonyl (C=O) groups excluding carboxylic acids is 1. The van der Waals surface area contributed by atoms with Crippen molar-refractivity contribution in [3.05, 3.63) is 0 Å². The molecule has 1 saturated carbocycles. The van der Waals surface area contributed by atoms with Crippen molar-refractivity contribution < 1.29 is 4.79 Å². The molecule has 1 fully saturated rings. The Kier molecular flexibility index (Phi) is 3.53. The fraction of sp³-hybridized carbons (Fsp3) is 0.909. The van der Waals surface area contributed by atoms with Gasteiger partial charge < -0.3 is 10.2 Å². The average molecular weight is 198 g/mol. The zero-order valence-corrected chi connectivity index (χ0v) is 9.76. The van der Waals surface area contributed by atoms with Gasteiger partial charge in [-0.25, -0.2) is 0 Å². The van der Waals surface area contributed by atoms with E-state index in [1.54, 1.807) is 0 Å². The number of hydrogen-bond acceptors (Lipinski definition) is 2. The first kappa shape index (κ1) is 11.5. The Morgan fingerprint density at radius 1 is 1.50 bits per heavy atom. The predicted octanol–water partition coefficient (Wildman–Crippen LogP) is 1.39. The van der Waals surface area contributed by atoms with Crippen LogP contribution in [0.1, 0.15) is 40.0 Å². The Morgan fingerprint density at radius 3 is 2.50 bits per heavy atom. The lowest BCUT2D eigenvalue weighted by Crippen LogP contribution is -2.48. The molecule has 1 N–H and O–H groups in total. The molecule has 0 aromatic rings. The van der Waals surface area contributed by atoms with Crippen LogP contribution in [0.25, 0.3) is 0 Å². The van der Waals surface area contributed by atoms with Gasteiger partial charge in [0.1, 0.15) is 0 Å². The summed E-state index contributed by atoms with van der Waals surface area (Å²) < 4.78 is 0. The summed E-state index contributed by atoms with van der Waals surface area (Å²) in [5.74, 6) is 0.198. The van der Waals surface area contributed by atoms with Gasteiger partial charge in [0.25, 0.3) is 0 Å². The minimum Gasteiger partial charge on any atom is -0.340 e. The quantitative estimate of drug-likeness (QED) is 0.724. The second kappa shape index (κ2) is 4.30. The Bertz CT molecular complexity index is 209. The summed E-state index contributed by atoms with van der Waals surface area (Å²) in [7, 11) is 1.89. The van der Waals surface area contributed by atoms with Crippen LogP contribution >= 0.6 is 0 Å². The first-order valence-corrected chi connectivity index (χ1v) is 5.47. The van der Waals surface area contributed by atoms with Gasteiger partial charge in [0.05, 0.1) is 6.54 Å². The summed E-state index contributed by atoms with van der Waals surface area (Å²) in [6.07, 6.45) is 3.45. The summed E-state index contributed by atoms with van der Waals surface area (Å²) in [5, 5.41) is 3.24. The number of likely N-dealkylation sites (N-methyl/N-ethyl adjacent to an activating group) is 1. The third-order valence-corrected chi connectivity index (χ3v) is 3.27. The summed E-state index contributed by atoms with van der Waals surface area (Å²) in [4.78, 5) is 13.6. The molecule has 0 bridgehead atoms. The maximum Gasteiger partial charge on any atom is 0.236 e. The highest BCUT2D eigenvalue weighted by atomic mass is 16.2. The lowest BCUT2D eigenvalue weighted by molar-refractivity contribution is -0.133. The molecule has 14 heavy (non-hydrogen) atoms. The molecule has 1 aliphatic rings. The zero-order valence-electron chi connectivity index (χ0n) is 9.76. The van der Waals surface area contributed by atoms with E-state index in [0.717, 1.165) is 6.42 Å². The van der Waals surface area contributed by atoms with Gasteiger partial charge in [-0.2, -0.15) is 0 Å². The molecule has 0 unspecified atom stereocenters. The molecule has 1 aliphatic carbocycles. The molecular formula is C11H22N2O. The highest BCUT2D eigenvalue weighted by Crippen LogP contribution is 2.19. The molecule has 0 aliphatic heterocycles. The molecule has 0 heterocycles. The van der Waals surface area contributed by atoms with Crippen molar-refractivity contribution in [3.8, 4) is 0 Å². The number of nitrogens with zero attached hydrogens (tertiary/aromatic N) is 1. The lowest BCUT2D eigenvalue weighted by atomic mass is 10.00. The summed E-state index contributed by atoms with van der Waals surface area (Å²) in [6.45, 7) is 6.80. The lowest BCUT2D eigenvalue weighted by Gasteiger charge is -2.35. The fourth-order valence-corrected chi connectivity index (χ4v) is 1.21. The van der Waals surface area contributed by atoms with Crippen LogP contribution in [0.15, 0.2) is 0 Å². The molecule has 0 spiro atoms. The number of rotatable bonds is 5.